The number of nitrogens with zero attached hydrogens (tertiary/aromatic N) is 2. The summed E-state index contributed by atoms with van der Waals surface area (Å²) >= 11 is 0. The molecule has 0 spiro atoms. The first kappa shape index (κ1) is 16.1. The molecule has 110 valence electrons. The highest BCUT2D eigenvalue weighted by atomic mass is 16.6. The Kier molecular flexibility index (Phi) is 5.64. The summed E-state index contributed by atoms with van der Waals surface area (Å²) in [5.74, 6) is -0.767. The number of carboxylic acid groups (broad SMARTS) is 1. The van der Waals surface area contributed by atoms with Crippen LogP contribution < -0.4 is 0 Å². The highest BCUT2D eigenvalue weighted by molar-refractivity contribution is 5.94. The maximum absolute atomic E-state index is 11.3. The van der Waals surface area contributed by atoms with Gasteiger partial charge in [0.25, 0.3) is 5.69 Å². The third-order valence-corrected chi connectivity index (χ3v) is 3.30. The number of aromatic carboxylic acids is 1. The maximum Gasteiger partial charge on any atom is 0.343 e. The van der Waals surface area contributed by atoms with Crippen molar-refractivity contribution in [2.75, 3.05) is 13.6 Å². The lowest BCUT2D eigenvalue weighted by molar-refractivity contribution is -0.385. The highest BCUT2D eigenvalue weighted by Crippen LogP contribution is 2.23. The van der Waals surface area contributed by atoms with Crippen molar-refractivity contribution in [1.82, 2.24) is 4.90 Å². The van der Waals surface area contributed by atoms with Crippen LogP contribution in [-0.2, 0) is 6.54 Å². The number of hydrogen-bond acceptors (Lipinski definition) is 4. The van der Waals surface area contributed by atoms with Crippen LogP contribution in [0.1, 0.15) is 36.2 Å². The molecule has 0 aliphatic heterocycles. The Hall–Kier alpha value is -1.95. The number of carbonyl (C=O) groups is 1. The van der Waals surface area contributed by atoms with Crippen molar-refractivity contribution in [3.8, 4) is 0 Å². The van der Waals surface area contributed by atoms with Gasteiger partial charge in [-0.25, -0.2) is 4.79 Å². The van der Waals surface area contributed by atoms with Gasteiger partial charge in [0, 0.05) is 19.2 Å². The fourth-order valence-electron chi connectivity index (χ4n) is 2.13. The Bertz CT molecular complexity index is 502. The predicted octanol–water partition coefficient (Wildman–Crippen LogP) is 2.77. The number of carboxylic acids is 1. The van der Waals surface area contributed by atoms with Crippen molar-refractivity contribution >= 4 is 11.7 Å². The van der Waals surface area contributed by atoms with E-state index in [0.717, 1.165) is 13.0 Å². The fourth-order valence-corrected chi connectivity index (χ4v) is 2.13. The SMILES string of the molecule is CCC(C)CN(C)Cc1cccc([N+](=O)[O-])c1C(=O)O. The van der Waals surface area contributed by atoms with Crippen LogP contribution in [0.3, 0.4) is 0 Å². The quantitative estimate of drug-likeness (QED) is 0.613. The van der Waals surface area contributed by atoms with Gasteiger partial charge in [-0.3, -0.25) is 10.1 Å². The molecule has 0 saturated carbocycles. The zero-order chi connectivity index (χ0) is 15.3. The molecule has 1 atom stereocenters. The number of rotatable bonds is 7. The van der Waals surface area contributed by atoms with E-state index >= 15 is 0 Å². The number of nitro groups is 1. The summed E-state index contributed by atoms with van der Waals surface area (Å²) in [6, 6.07) is 4.38. The Balaban J connectivity index is 3.03. The molecule has 1 aromatic rings. The minimum Gasteiger partial charge on any atom is -0.477 e. The minimum absolute atomic E-state index is 0.214. The number of hydrogen-bond donors (Lipinski definition) is 1. The molecule has 0 aliphatic rings. The minimum atomic E-state index is -1.26. The zero-order valence-electron chi connectivity index (χ0n) is 12.0. The van der Waals surface area contributed by atoms with Crippen molar-refractivity contribution in [2.45, 2.75) is 26.8 Å². The third-order valence-electron chi connectivity index (χ3n) is 3.30. The Morgan fingerprint density at radius 2 is 2.15 bits per heavy atom. The average Bonchev–Trinajstić information content (AvgIpc) is 2.37. The van der Waals surface area contributed by atoms with Gasteiger partial charge >= 0.3 is 5.97 Å². The van der Waals surface area contributed by atoms with Gasteiger partial charge in [-0.2, -0.15) is 0 Å². The van der Waals surface area contributed by atoms with Crippen molar-refractivity contribution in [1.29, 1.82) is 0 Å². The van der Waals surface area contributed by atoms with Gasteiger partial charge in [0.1, 0.15) is 5.56 Å². The van der Waals surface area contributed by atoms with E-state index in [4.69, 9.17) is 0 Å². The number of nitro benzene ring substituents is 1. The monoisotopic (exact) mass is 280 g/mol. The molecular weight excluding hydrogens is 260 g/mol. The summed E-state index contributed by atoms with van der Waals surface area (Å²) in [5, 5.41) is 20.1. The fraction of sp³-hybridized carbons (Fsp3) is 0.500. The lowest BCUT2D eigenvalue weighted by Crippen LogP contribution is -2.25. The molecule has 0 aromatic heterocycles. The van der Waals surface area contributed by atoms with Crippen LogP contribution in [0.2, 0.25) is 0 Å². The van der Waals surface area contributed by atoms with E-state index < -0.39 is 10.9 Å². The summed E-state index contributed by atoms with van der Waals surface area (Å²) in [4.78, 5) is 23.5. The number of benzene rings is 1. The van der Waals surface area contributed by atoms with Crippen LogP contribution >= 0.6 is 0 Å². The smallest absolute Gasteiger partial charge is 0.343 e. The topological polar surface area (TPSA) is 83.7 Å². The van der Waals surface area contributed by atoms with Crippen molar-refractivity contribution in [3.05, 3.63) is 39.4 Å². The van der Waals surface area contributed by atoms with E-state index in [-0.39, 0.29) is 11.3 Å². The average molecular weight is 280 g/mol. The molecule has 6 nitrogen and oxygen atoms in total. The molecule has 6 heteroatoms. The van der Waals surface area contributed by atoms with Gasteiger partial charge in [0.05, 0.1) is 4.92 Å². The third kappa shape index (κ3) is 4.03. The van der Waals surface area contributed by atoms with Crippen LogP contribution in [-0.4, -0.2) is 34.5 Å². The van der Waals surface area contributed by atoms with Crippen molar-refractivity contribution in [3.63, 3.8) is 0 Å². The molecular formula is C14H20N2O4. The molecule has 1 aromatic carbocycles. The summed E-state index contributed by atoms with van der Waals surface area (Å²) in [5.41, 5.74) is -0.0991. The normalized spacial score (nSPS) is 12.4. The Labute approximate surface area is 118 Å². The van der Waals surface area contributed by atoms with E-state index in [1.807, 2.05) is 11.9 Å². The molecule has 0 fully saturated rings. The molecule has 1 N–H and O–H groups in total. The van der Waals surface area contributed by atoms with Gasteiger partial charge < -0.3 is 10.0 Å². The summed E-state index contributed by atoms with van der Waals surface area (Å²) in [7, 11) is 1.89. The maximum atomic E-state index is 11.3. The second kappa shape index (κ2) is 7.00. The molecule has 0 aliphatic carbocycles. The molecule has 1 unspecified atom stereocenters. The molecule has 0 saturated heterocycles. The first-order valence-electron chi connectivity index (χ1n) is 6.54. The van der Waals surface area contributed by atoms with Crippen LogP contribution in [0, 0.1) is 16.0 Å². The van der Waals surface area contributed by atoms with Gasteiger partial charge in [-0.15, -0.1) is 0 Å². The Morgan fingerprint density at radius 1 is 1.50 bits per heavy atom. The van der Waals surface area contributed by atoms with Gasteiger partial charge in [0.2, 0.25) is 0 Å². The van der Waals surface area contributed by atoms with Gasteiger partial charge in [-0.05, 0) is 18.5 Å². The zero-order valence-corrected chi connectivity index (χ0v) is 12.0. The molecule has 20 heavy (non-hydrogen) atoms. The van der Waals surface area contributed by atoms with E-state index in [0.29, 0.717) is 18.0 Å². The lowest BCUT2D eigenvalue weighted by Gasteiger charge is -2.21. The van der Waals surface area contributed by atoms with Crippen molar-refractivity contribution < 1.29 is 14.8 Å². The van der Waals surface area contributed by atoms with Crippen molar-refractivity contribution in [2.24, 2.45) is 5.92 Å². The molecule has 0 bridgehead atoms. The van der Waals surface area contributed by atoms with E-state index in [9.17, 15) is 20.0 Å². The molecule has 0 radical (unpaired) electrons. The molecule has 0 amide bonds. The predicted molar refractivity (Wildman–Crippen MR) is 75.8 cm³/mol. The standard InChI is InChI=1S/C14H20N2O4/c1-4-10(2)8-15(3)9-11-6-5-7-12(16(19)20)13(11)14(17)18/h5-7,10H,4,8-9H2,1-3H3,(H,17,18). The Morgan fingerprint density at radius 3 is 2.65 bits per heavy atom. The van der Waals surface area contributed by atoms with Crippen LogP contribution in [0.25, 0.3) is 0 Å². The van der Waals surface area contributed by atoms with Gasteiger partial charge in [-0.1, -0.05) is 32.4 Å². The first-order chi connectivity index (χ1) is 9.36. The van der Waals surface area contributed by atoms with Crippen LogP contribution in [0.15, 0.2) is 18.2 Å². The second-order valence-electron chi connectivity index (χ2n) is 5.08. The first-order valence-corrected chi connectivity index (χ1v) is 6.54. The van der Waals surface area contributed by atoms with Crippen LogP contribution in [0.5, 0.6) is 0 Å². The molecule has 0 heterocycles. The largest absolute Gasteiger partial charge is 0.477 e. The van der Waals surface area contributed by atoms with Gasteiger partial charge in [0.15, 0.2) is 0 Å². The summed E-state index contributed by atoms with van der Waals surface area (Å²) in [6.45, 7) is 5.41. The second-order valence-corrected chi connectivity index (χ2v) is 5.08. The lowest BCUT2D eigenvalue weighted by atomic mass is 10.0. The van der Waals surface area contributed by atoms with E-state index in [2.05, 4.69) is 13.8 Å². The molecule has 1 rings (SSSR count). The summed E-state index contributed by atoms with van der Waals surface area (Å²) in [6.07, 6.45) is 1.03. The van der Waals surface area contributed by atoms with E-state index in [1.54, 1.807) is 6.07 Å². The summed E-state index contributed by atoms with van der Waals surface area (Å²) < 4.78 is 0. The highest BCUT2D eigenvalue weighted by Gasteiger charge is 2.23. The van der Waals surface area contributed by atoms with Crippen LogP contribution in [0.4, 0.5) is 5.69 Å². The van der Waals surface area contributed by atoms with E-state index in [1.165, 1.54) is 12.1 Å².